The molecule has 1 amide bonds. The summed E-state index contributed by atoms with van der Waals surface area (Å²) in [6.45, 7) is 1.06. The maximum Gasteiger partial charge on any atom is 0.339 e. The Morgan fingerprint density at radius 2 is 1.87 bits per heavy atom. The molecule has 0 unspecified atom stereocenters. The molecule has 0 saturated carbocycles. The highest BCUT2D eigenvalue weighted by Crippen LogP contribution is 2.21. The number of halogens is 1. The number of methoxy groups -OCH3 is 1. The first kappa shape index (κ1) is 22.9. The molecule has 1 aromatic heterocycles. The van der Waals surface area contributed by atoms with E-state index >= 15 is 0 Å². The second kappa shape index (κ2) is 10.5. The molecule has 0 N–H and O–H groups in total. The monoisotopic (exact) mass is 463 g/mol. The molecule has 3 aromatic rings. The molecule has 0 atom stereocenters. The number of carbonyl (C=O) groups excluding carboxylic acids is 1. The van der Waals surface area contributed by atoms with E-state index in [9.17, 15) is 17.6 Å². The van der Waals surface area contributed by atoms with Crippen LogP contribution in [0.5, 0.6) is 5.75 Å². The van der Waals surface area contributed by atoms with Crippen molar-refractivity contribution in [3.63, 3.8) is 0 Å². The molecule has 0 saturated heterocycles. The van der Waals surface area contributed by atoms with Crippen molar-refractivity contribution in [3.8, 4) is 5.75 Å². The zero-order valence-corrected chi connectivity index (χ0v) is 18.5. The van der Waals surface area contributed by atoms with Gasteiger partial charge in [-0.15, -0.1) is 11.3 Å². The topological polar surface area (TPSA) is 72.9 Å². The van der Waals surface area contributed by atoms with Crippen LogP contribution in [-0.4, -0.2) is 39.5 Å². The summed E-state index contributed by atoms with van der Waals surface area (Å²) < 4.78 is 48.3. The molecular weight excluding hydrogens is 441 g/mol. The molecular formula is C22H22FNO5S2. The predicted octanol–water partition coefficient (Wildman–Crippen LogP) is 3.87. The van der Waals surface area contributed by atoms with Crippen LogP contribution in [0.1, 0.15) is 10.4 Å². The second-order valence-electron chi connectivity index (χ2n) is 6.70. The Kier molecular flexibility index (Phi) is 7.78. The predicted molar refractivity (Wildman–Crippen MR) is 116 cm³/mol. The van der Waals surface area contributed by atoms with Crippen molar-refractivity contribution < 1.29 is 26.5 Å². The van der Waals surface area contributed by atoms with Gasteiger partial charge in [-0.2, -0.15) is 8.42 Å². The average Bonchev–Trinajstić information content (AvgIpc) is 3.24. The molecule has 0 spiro atoms. The van der Waals surface area contributed by atoms with E-state index in [0.717, 1.165) is 29.1 Å². The summed E-state index contributed by atoms with van der Waals surface area (Å²) in [4.78, 5) is 15.3. The van der Waals surface area contributed by atoms with Crippen molar-refractivity contribution in [2.75, 3.05) is 20.3 Å². The quantitative estimate of drug-likeness (QED) is 0.427. The van der Waals surface area contributed by atoms with Crippen LogP contribution < -0.4 is 4.18 Å². The van der Waals surface area contributed by atoms with Gasteiger partial charge in [0, 0.05) is 25.1 Å². The van der Waals surface area contributed by atoms with Gasteiger partial charge < -0.3 is 13.8 Å². The molecule has 1 heterocycles. The molecule has 3 rings (SSSR count). The summed E-state index contributed by atoms with van der Waals surface area (Å²) in [6, 6.07) is 14.7. The lowest BCUT2D eigenvalue weighted by Crippen LogP contribution is -2.34. The fourth-order valence-corrected chi connectivity index (χ4v) is 4.48. The molecule has 6 nitrogen and oxygen atoms in total. The van der Waals surface area contributed by atoms with Crippen LogP contribution in [0, 0.1) is 5.82 Å². The Morgan fingerprint density at radius 1 is 1.10 bits per heavy atom. The summed E-state index contributed by atoms with van der Waals surface area (Å²) in [6.07, 6.45) is 0.288. The second-order valence-corrected chi connectivity index (χ2v) is 9.28. The Hall–Kier alpha value is -2.75. The van der Waals surface area contributed by atoms with E-state index in [4.69, 9.17) is 8.92 Å². The van der Waals surface area contributed by atoms with Gasteiger partial charge in [-0.25, -0.2) is 4.39 Å². The standard InChI is InChI=1S/C22H22FNO5S2/c1-28-12-11-24(22(25)15-20-6-3-13-30-20)16-17-4-2-5-19(14-17)29-31(26,27)21-9-7-18(23)8-10-21/h2-10,13-14H,11-12,15-16H2,1H3. The first-order chi connectivity index (χ1) is 14.9. The van der Waals surface area contributed by atoms with Crippen LogP contribution in [0.2, 0.25) is 0 Å². The van der Waals surface area contributed by atoms with E-state index < -0.39 is 15.9 Å². The van der Waals surface area contributed by atoms with E-state index in [1.165, 1.54) is 17.4 Å². The third-order valence-corrected chi connectivity index (χ3v) is 6.54. The maximum atomic E-state index is 13.1. The van der Waals surface area contributed by atoms with Crippen LogP contribution >= 0.6 is 11.3 Å². The zero-order valence-electron chi connectivity index (χ0n) is 16.9. The van der Waals surface area contributed by atoms with Gasteiger partial charge in [0.25, 0.3) is 0 Å². The Bertz CT molecular complexity index is 1100. The van der Waals surface area contributed by atoms with Crippen LogP contribution in [-0.2, 0) is 32.6 Å². The lowest BCUT2D eigenvalue weighted by atomic mass is 10.2. The fraction of sp³-hybridized carbons (Fsp3) is 0.227. The summed E-state index contributed by atoms with van der Waals surface area (Å²) in [5.74, 6) is -0.478. The lowest BCUT2D eigenvalue weighted by Gasteiger charge is -2.22. The van der Waals surface area contributed by atoms with E-state index in [2.05, 4.69) is 0 Å². The zero-order chi connectivity index (χ0) is 22.3. The van der Waals surface area contributed by atoms with Gasteiger partial charge in [0.2, 0.25) is 5.91 Å². The van der Waals surface area contributed by atoms with Gasteiger partial charge in [-0.1, -0.05) is 18.2 Å². The van der Waals surface area contributed by atoms with Gasteiger partial charge >= 0.3 is 10.1 Å². The van der Waals surface area contributed by atoms with E-state index in [-0.39, 0.29) is 29.5 Å². The van der Waals surface area contributed by atoms with Gasteiger partial charge in [0.15, 0.2) is 0 Å². The van der Waals surface area contributed by atoms with E-state index in [1.54, 1.807) is 30.2 Å². The minimum atomic E-state index is -4.11. The van der Waals surface area contributed by atoms with Crippen molar-refractivity contribution in [1.29, 1.82) is 0 Å². The van der Waals surface area contributed by atoms with Crippen molar-refractivity contribution in [2.45, 2.75) is 17.9 Å². The number of carbonyl (C=O) groups is 1. The Balaban J connectivity index is 1.73. The van der Waals surface area contributed by atoms with Crippen molar-refractivity contribution >= 4 is 27.4 Å². The third-order valence-electron chi connectivity index (χ3n) is 4.40. The SMILES string of the molecule is COCCN(Cc1cccc(OS(=O)(=O)c2ccc(F)cc2)c1)C(=O)Cc1cccs1. The van der Waals surface area contributed by atoms with Crippen LogP contribution in [0.15, 0.2) is 70.9 Å². The number of nitrogens with zero attached hydrogens (tertiary/aromatic N) is 1. The summed E-state index contributed by atoms with van der Waals surface area (Å²) >= 11 is 1.52. The summed E-state index contributed by atoms with van der Waals surface area (Å²) in [7, 11) is -2.54. The highest BCUT2D eigenvalue weighted by atomic mass is 32.2. The molecule has 2 aromatic carbocycles. The highest BCUT2D eigenvalue weighted by molar-refractivity contribution is 7.87. The van der Waals surface area contributed by atoms with Gasteiger partial charge in [0.1, 0.15) is 16.5 Å². The summed E-state index contributed by atoms with van der Waals surface area (Å²) in [5, 5.41) is 1.92. The molecule has 0 fully saturated rings. The first-order valence-electron chi connectivity index (χ1n) is 9.45. The van der Waals surface area contributed by atoms with E-state index in [0.29, 0.717) is 18.7 Å². The normalized spacial score (nSPS) is 11.3. The molecule has 9 heteroatoms. The summed E-state index contributed by atoms with van der Waals surface area (Å²) in [5.41, 5.74) is 0.711. The van der Waals surface area contributed by atoms with E-state index in [1.807, 2.05) is 17.5 Å². The molecule has 0 bridgehead atoms. The number of hydrogen-bond donors (Lipinski definition) is 0. The number of rotatable bonds is 10. The van der Waals surface area contributed by atoms with Crippen LogP contribution in [0.3, 0.4) is 0 Å². The fourth-order valence-electron chi connectivity index (χ4n) is 2.86. The number of benzene rings is 2. The van der Waals surface area contributed by atoms with Gasteiger partial charge in [0.05, 0.1) is 13.0 Å². The first-order valence-corrected chi connectivity index (χ1v) is 11.7. The van der Waals surface area contributed by atoms with Crippen LogP contribution in [0.4, 0.5) is 4.39 Å². The third kappa shape index (κ3) is 6.61. The molecule has 0 aliphatic heterocycles. The van der Waals surface area contributed by atoms with Crippen LogP contribution in [0.25, 0.3) is 0 Å². The minimum absolute atomic E-state index is 0.0512. The molecule has 31 heavy (non-hydrogen) atoms. The number of ether oxygens (including phenoxy) is 1. The lowest BCUT2D eigenvalue weighted by molar-refractivity contribution is -0.131. The van der Waals surface area contributed by atoms with Crippen molar-refractivity contribution in [1.82, 2.24) is 4.90 Å². The molecule has 164 valence electrons. The Labute approximate surface area is 185 Å². The number of thiophene rings is 1. The van der Waals surface area contributed by atoms with Gasteiger partial charge in [-0.3, -0.25) is 4.79 Å². The average molecular weight is 464 g/mol. The minimum Gasteiger partial charge on any atom is -0.383 e. The van der Waals surface area contributed by atoms with Crippen molar-refractivity contribution in [3.05, 3.63) is 82.3 Å². The highest BCUT2D eigenvalue weighted by Gasteiger charge is 2.18. The number of hydrogen-bond acceptors (Lipinski definition) is 6. The largest absolute Gasteiger partial charge is 0.383 e. The van der Waals surface area contributed by atoms with Gasteiger partial charge in [-0.05, 0) is 53.4 Å². The number of amides is 1. The van der Waals surface area contributed by atoms with Crippen molar-refractivity contribution in [2.24, 2.45) is 0 Å². The Morgan fingerprint density at radius 3 is 2.55 bits per heavy atom. The molecule has 0 radical (unpaired) electrons. The molecule has 0 aliphatic carbocycles. The maximum absolute atomic E-state index is 13.1. The smallest absolute Gasteiger partial charge is 0.339 e. The molecule has 0 aliphatic rings.